The average molecular weight is 416 g/mol. The lowest BCUT2D eigenvalue weighted by molar-refractivity contribution is 0.102. The number of nitrogens with one attached hydrogen (secondary N) is 1. The van der Waals surface area contributed by atoms with Crippen molar-refractivity contribution in [3.63, 3.8) is 0 Å². The van der Waals surface area contributed by atoms with E-state index in [4.69, 9.17) is 0 Å². The van der Waals surface area contributed by atoms with Gasteiger partial charge in [-0.1, -0.05) is 33.5 Å². The molecule has 3 aromatic rings. The summed E-state index contributed by atoms with van der Waals surface area (Å²) in [6.45, 7) is 1.84. The average Bonchev–Trinajstić information content (AvgIpc) is 2.89. The molecule has 0 saturated heterocycles. The molecular weight excluding hydrogens is 403 g/mol. The number of alkyl halides is 2. The molecule has 120 valence electrons. The third-order valence-corrected chi connectivity index (χ3v) is 5.64. The van der Waals surface area contributed by atoms with Gasteiger partial charge in [0.2, 0.25) is 0 Å². The Morgan fingerprint density at radius 1 is 1.30 bits per heavy atom. The molecule has 8 heteroatoms. The van der Waals surface area contributed by atoms with Gasteiger partial charge in [0.05, 0.1) is 15.2 Å². The van der Waals surface area contributed by atoms with Crippen LogP contribution in [0.3, 0.4) is 0 Å². The quantitative estimate of drug-likeness (QED) is 0.567. The van der Waals surface area contributed by atoms with Crippen molar-refractivity contribution < 1.29 is 8.78 Å². The summed E-state index contributed by atoms with van der Waals surface area (Å²) in [4.78, 5) is 8.48. The molecule has 0 bridgehead atoms. The molecule has 0 aliphatic carbocycles. The number of nitrogens with zero attached hydrogens (tertiary/aromatic N) is 2. The van der Waals surface area contributed by atoms with Gasteiger partial charge in [-0.2, -0.15) is 8.78 Å². The second kappa shape index (κ2) is 6.38. The summed E-state index contributed by atoms with van der Waals surface area (Å²) in [6.07, 6.45) is 1.46. The molecule has 3 nitrogen and oxygen atoms in total. The van der Waals surface area contributed by atoms with Crippen molar-refractivity contribution in [3.8, 4) is 0 Å². The Labute approximate surface area is 146 Å². The maximum atomic E-state index is 13.8. The van der Waals surface area contributed by atoms with Gasteiger partial charge in [-0.05, 0) is 28.4 Å². The number of hydrogen-bond donors (Lipinski definition) is 1. The fourth-order valence-corrected chi connectivity index (χ4v) is 4.19. The second-order valence-electron chi connectivity index (χ2n) is 5.06. The largest absolute Gasteiger partial charge is 0.362 e. The van der Waals surface area contributed by atoms with Crippen LogP contribution in [0.15, 0.2) is 40.4 Å². The second-order valence-corrected chi connectivity index (χ2v) is 7.52. The molecular formula is C15H13BrF2N3PS. The summed E-state index contributed by atoms with van der Waals surface area (Å²) < 4.78 is 29.3. The Morgan fingerprint density at radius 3 is 2.78 bits per heavy atom. The molecule has 23 heavy (non-hydrogen) atoms. The predicted molar refractivity (Wildman–Crippen MR) is 97.2 cm³/mol. The summed E-state index contributed by atoms with van der Waals surface area (Å²) in [5.74, 6) is 0.639. The van der Waals surface area contributed by atoms with E-state index in [0.29, 0.717) is 11.4 Å². The normalized spacial score (nSPS) is 13.3. The molecule has 0 saturated carbocycles. The first-order valence-electron chi connectivity index (χ1n) is 6.78. The van der Waals surface area contributed by atoms with Crippen molar-refractivity contribution in [2.75, 3.05) is 5.32 Å². The Hall–Kier alpha value is -1.17. The van der Waals surface area contributed by atoms with Crippen LogP contribution in [0.2, 0.25) is 0 Å². The molecule has 3 rings (SSSR count). The minimum Gasteiger partial charge on any atom is -0.362 e. The highest BCUT2D eigenvalue weighted by atomic mass is 79.9. The zero-order chi connectivity index (χ0) is 16.6. The van der Waals surface area contributed by atoms with E-state index in [-0.39, 0.29) is 11.6 Å². The first-order chi connectivity index (χ1) is 10.9. The molecule has 0 fully saturated rings. The Kier molecular flexibility index (Phi) is 4.63. The topological polar surface area (TPSA) is 37.8 Å². The number of aromatic nitrogens is 2. The van der Waals surface area contributed by atoms with E-state index in [1.165, 1.54) is 23.7 Å². The summed E-state index contributed by atoms with van der Waals surface area (Å²) in [5.41, 5.74) is -1.64. The predicted octanol–water partition coefficient (Wildman–Crippen LogP) is 5.55. The minimum absolute atomic E-state index is 0.0114. The van der Waals surface area contributed by atoms with Crippen LogP contribution in [0.4, 0.5) is 14.6 Å². The van der Waals surface area contributed by atoms with Crippen LogP contribution in [-0.4, -0.2) is 9.97 Å². The smallest absolute Gasteiger partial charge is 0.284 e. The zero-order valence-electron chi connectivity index (χ0n) is 12.1. The lowest BCUT2D eigenvalue weighted by atomic mass is 10.0. The van der Waals surface area contributed by atoms with Gasteiger partial charge in [-0.15, -0.1) is 11.3 Å². The number of rotatable bonds is 4. The number of fused-ring (bicyclic) bond motifs is 1. The summed E-state index contributed by atoms with van der Waals surface area (Å²) in [5, 5.41) is 5.15. The van der Waals surface area contributed by atoms with Gasteiger partial charge in [0, 0.05) is 10.9 Å². The van der Waals surface area contributed by atoms with Crippen LogP contribution in [0.25, 0.3) is 10.2 Å². The summed E-state index contributed by atoms with van der Waals surface area (Å²) >= 11 is 4.94. The number of thiophene rings is 1. The first kappa shape index (κ1) is 16.7. The molecule has 2 heterocycles. The highest BCUT2D eigenvalue weighted by Crippen LogP contribution is 2.40. The number of benzene rings is 1. The minimum atomic E-state index is -2.97. The van der Waals surface area contributed by atoms with E-state index in [2.05, 4.69) is 31.2 Å². The van der Waals surface area contributed by atoms with E-state index in [1.54, 1.807) is 27.4 Å². The van der Waals surface area contributed by atoms with E-state index in [9.17, 15) is 8.78 Å². The number of hydrogen-bond acceptors (Lipinski definition) is 4. The van der Waals surface area contributed by atoms with Crippen molar-refractivity contribution in [3.05, 3.63) is 51.6 Å². The van der Waals surface area contributed by atoms with Crippen molar-refractivity contribution in [1.29, 1.82) is 0 Å². The molecule has 0 amide bonds. The summed E-state index contributed by atoms with van der Waals surface area (Å²) in [7, 11) is 1.59. The Balaban J connectivity index is 1.97. The van der Waals surface area contributed by atoms with Crippen LogP contribution in [-0.2, 0) is 5.66 Å². The van der Waals surface area contributed by atoms with E-state index < -0.39 is 5.66 Å². The molecule has 0 aliphatic rings. The van der Waals surface area contributed by atoms with Crippen molar-refractivity contribution in [2.24, 2.45) is 0 Å². The van der Waals surface area contributed by atoms with Gasteiger partial charge < -0.3 is 5.32 Å². The van der Waals surface area contributed by atoms with Crippen LogP contribution >= 0.6 is 36.5 Å². The van der Waals surface area contributed by atoms with Gasteiger partial charge in [-0.25, -0.2) is 9.97 Å². The first-order valence-corrected chi connectivity index (χ1v) is 9.03. The maximum Gasteiger partial charge on any atom is 0.284 e. The number of anilines is 1. The van der Waals surface area contributed by atoms with Crippen LogP contribution < -0.4 is 5.32 Å². The molecule has 2 atom stereocenters. The Bertz CT molecular complexity index is 850. The van der Waals surface area contributed by atoms with Crippen molar-refractivity contribution in [1.82, 2.24) is 9.97 Å². The maximum absolute atomic E-state index is 13.8. The van der Waals surface area contributed by atoms with E-state index in [1.807, 2.05) is 12.3 Å². The molecule has 0 spiro atoms. The SMILES string of the molecule is CC(Nc1ncnc2c(Br)csc12)c1ccccc1C(F)(F)P. The zero-order valence-corrected chi connectivity index (χ0v) is 15.6. The summed E-state index contributed by atoms with van der Waals surface area (Å²) in [6, 6.07) is 6.19. The van der Waals surface area contributed by atoms with Crippen LogP contribution in [0.5, 0.6) is 0 Å². The third-order valence-electron chi connectivity index (χ3n) is 3.45. The van der Waals surface area contributed by atoms with Crippen molar-refractivity contribution >= 4 is 52.5 Å². The van der Waals surface area contributed by atoms with Gasteiger partial charge in [0.25, 0.3) is 5.66 Å². The fraction of sp³-hybridized carbons (Fsp3) is 0.200. The molecule has 0 aliphatic heterocycles. The van der Waals surface area contributed by atoms with E-state index >= 15 is 0 Å². The van der Waals surface area contributed by atoms with E-state index in [0.717, 1.165) is 14.7 Å². The molecule has 2 aromatic heterocycles. The third kappa shape index (κ3) is 3.37. The molecule has 1 aromatic carbocycles. The molecule has 1 N–H and O–H groups in total. The lowest BCUT2D eigenvalue weighted by Crippen LogP contribution is -2.14. The van der Waals surface area contributed by atoms with Gasteiger partial charge in [0.1, 0.15) is 17.7 Å². The van der Waals surface area contributed by atoms with Crippen molar-refractivity contribution in [2.45, 2.75) is 18.6 Å². The number of halogens is 3. The van der Waals surface area contributed by atoms with Gasteiger partial charge in [0.15, 0.2) is 0 Å². The lowest BCUT2D eigenvalue weighted by Gasteiger charge is -2.21. The van der Waals surface area contributed by atoms with Crippen LogP contribution in [0.1, 0.15) is 24.1 Å². The fourth-order valence-electron chi connectivity index (χ4n) is 2.39. The standard InChI is InChI=1S/C15H13BrF2N3PS/c1-8(9-4-2-3-5-10(9)15(17,18)22)21-14-13-12(19-7-20-14)11(16)6-23-13/h2-8H,22H2,1H3,(H,19,20,21). The van der Waals surface area contributed by atoms with Gasteiger partial charge >= 0.3 is 0 Å². The van der Waals surface area contributed by atoms with Gasteiger partial charge in [-0.3, -0.25) is 0 Å². The Morgan fingerprint density at radius 2 is 2.04 bits per heavy atom. The molecule has 0 radical (unpaired) electrons. The monoisotopic (exact) mass is 415 g/mol. The highest BCUT2D eigenvalue weighted by molar-refractivity contribution is 9.10. The van der Waals surface area contributed by atoms with Crippen LogP contribution in [0, 0.1) is 0 Å². The molecule has 2 unspecified atom stereocenters. The highest BCUT2D eigenvalue weighted by Gasteiger charge is 2.29.